The number of rotatable bonds is 2. The van der Waals surface area contributed by atoms with E-state index in [0.29, 0.717) is 0 Å². The summed E-state index contributed by atoms with van der Waals surface area (Å²) in [5.74, 6) is 0.833. The van der Waals surface area contributed by atoms with Crippen LogP contribution in [0.15, 0.2) is 18.2 Å². The summed E-state index contributed by atoms with van der Waals surface area (Å²) in [4.78, 5) is 2.49. The Balaban J connectivity index is 1.89. The lowest BCUT2D eigenvalue weighted by molar-refractivity contribution is 0.0254. The molecule has 1 heterocycles. The van der Waals surface area contributed by atoms with Crippen LogP contribution >= 0.6 is 0 Å². The number of ether oxygens (including phenoxy) is 1. The van der Waals surface area contributed by atoms with E-state index in [2.05, 4.69) is 24.8 Å². The predicted molar refractivity (Wildman–Crippen MR) is 75.5 cm³/mol. The van der Waals surface area contributed by atoms with Gasteiger partial charge < -0.3 is 9.84 Å². The lowest BCUT2D eigenvalue weighted by atomic mass is 9.99. The monoisotopic (exact) mass is 261 g/mol. The predicted octanol–water partition coefficient (Wildman–Crippen LogP) is 2.53. The lowest BCUT2D eigenvalue weighted by Crippen LogP contribution is -2.47. The van der Waals surface area contributed by atoms with Crippen molar-refractivity contribution in [2.24, 2.45) is 0 Å². The number of fused-ring (bicyclic) bond motifs is 1. The lowest BCUT2D eigenvalue weighted by Gasteiger charge is -2.38. The molecule has 2 atom stereocenters. The topological polar surface area (TPSA) is 32.7 Å². The van der Waals surface area contributed by atoms with Gasteiger partial charge in [0.05, 0.1) is 13.2 Å². The van der Waals surface area contributed by atoms with Crippen LogP contribution in [0.1, 0.15) is 43.9 Å². The Bertz CT molecular complexity index is 484. The number of aliphatic hydroxyl groups excluding tert-OH is 1. The third-order valence-electron chi connectivity index (χ3n) is 4.83. The molecule has 2 aliphatic rings. The van der Waals surface area contributed by atoms with Crippen molar-refractivity contribution in [1.82, 2.24) is 4.90 Å². The number of aliphatic hydroxyl groups is 1. The molecule has 104 valence electrons. The third-order valence-corrected chi connectivity index (χ3v) is 4.83. The molecule has 3 rings (SSSR count). The smallest absolute Gasteiger partial charge is 0.119 e. The molecule has 0 bridgehead atoms. The number of hydrogen-bond acceptors (Lipinski definition) is 3. The van der Waals surface area contributed by atoms with Gasteiger partial charge in [0.1, 0.15) is 5.75 Å². The highest BCUT2D eigenvalue weighted by atomic mass is 16.5. The summed E-state index contributed by atoms with van der Waals surface area (Å²) in [6, 6.07) is 6.30. The van der Waals surface area contributed by atoms with Gasteiger partial charge in [-0.1, -0.05) is 6.07 Å². The highest BCUT2D eigenvalue weighted by molar-refractivity contribution is 5.42. The number of hydrogen-bond donors (Lipinski definition) is 1. The highest BCUT2D eigenvalue weighted by Crippen LogP contribution is 2.41. The van der Waals surface area contributed by atoms with Crippen LogP contribution in [0.4, 0.5) is 0 Å². The molecule has 1 aromatic carbocycles. The minimum atomic E-state index is -0.387. The van der Waals surface area contributed by atoms with Crippen molar-refractivity contribution >= 4 is 0 Å². The molecule has 0 amide bonds. The van der Waals surface area contributed by atoms with Gasteiger partial charge in [-0.2, -0.15) is 0 Å². The van der Waals surface area contributed by atoms with Crippen LogP contribution in [0.3, 0.4) is 0 Å². The van der Waals surface area contributed by atoms with Crippen molar-refractivity contribution in [2.45, 2.75) is 50.8 Å². The summed E-state index contributed by atoms with van der Waals surface area (Å²) in [6.07, 6.45) is 3.01. The van der Waals surface area contributed by atoms with Crippen molar-refractivity contribution in [3.05, 3.63) is 29.3 Å². The summed E-state index contributed by atoms with van der Waals surface area (Å²) in [6.45, 7) is 5.67. The first-order chi connectivity index (χ1) is 9.03. The van der Waals surface area contributed by atoms with Gasteiger partial charge in [0.15, 0.2) is 0 Å². The van der Waals surface area contributed by atoms with E-state index < -0.39 is 0 Å². The molecule has 1 aliphatic heterocycles. The SMILES string of the molecule is COc1ccc2c(c1)C(O)C(N1CCCC1(C)C)C2. The third kappa shape index (κ3) is 2.05. The maximum absolute atomic E-state index is 10.7. The average molecular weight is 261 g/mol. The first-order valence-electron chi connectivity index (χ1n) is 7.14. The molecule has 1 N–H and O–H groups in total. The number of nitrogens with zero attached hydrogens (tertiary/aromatic N) is 1. The Labute approximate surface area is 115 Å². The summed E-state index contributed by atoms with van der Waals surface area (Å²) in [5, 5.41) is 10.7. The molecule has 0 radical (unpaired) electrons. The Hall–Kier alpha value is -1.06. The van der Waals surface area contributed by atoms with Crippen LogP contribution in [0, 0.1) is 0 Å². The maximum Gasteiger partial charge on any atom is 0.119 e. The van der Waals surface area contributed by atoms with E-state index in [0.717, 1.165) is 24.3 Å². The first-order valence-corrected chi connectivity index (χ1v) is 7.14. The van der Waals surface area contributed by atoms with E-state index in [1.54, 1.807) is 7.11 Å². The fraction of sp³-hybridized carbons (Fsp3) is 0.625. The molecular weight excluding hydrogens is 238 g/mol. The van der Waals surface area contributed by atoms with E-state index in [-0.39, 0.29) is 17.7 Å². The van der Waals surface area contributed by atoms with Gasteiger partial charge in [-0.05, 0) is 62.9 Å². The molecule has 0 aromatic heterocycles. The van der Waals surface area contributed by atoms with Gasteiger partial charge >= 0.3 is 0 Å². The normalized spacial score (nSPS) is 29.5. The molecule has 0 spiro atoms. The fourth-order valence-corrected chi connectivity index (χ4v) is 3.73. The second-order valence-electron chi connectivity index (χ2n) is 6.39. The molecule has 3 nitrogen and oxygen atoms in total. The minimum absolute atomic E-state index is 0.206. The van der Waals surface area contributed by atoms with Gasteiger partial charge in [0.25, 0.3) is 0 Å². The molecule has 1 aromatic rings. The summed E-state index contributed by atoms with van der Waals surface area (Å²) in [5.41, 5.74) is 2.52. The van der Waals surface area contributed by atoms with Crippen LogP contribution in [-0.4, -0.2) is 35.2 Å². The first kappa shape index (κ1) is 12.9. The molecule has 19 heavy (non-hydrogen) atoms. The van der Waals surface area contributed by atoms with Crippen molar-refractivity contribution in [1.29, 1.82) is 0 Å². The largest absolute Gasteiger partial charge is 0.497 e. The van der Waals surface area contributed by atoms with Crippen LogP contribution < -0.4 is 4.74 Å². The summed E-state index contributed by atoms with van der Waals surface area (Å²) in [7, 11) is 1.67. The Morgan fingerprint density at radius 3 is 2.79 bits per heavy atom. The van der Waals surface area contributed by atoms with Crippen LogP contribution in [0.25, 0.3) is 0 Å². The number of likely N-dealkylation sites (tertiary alicyclic amines) is 1. The second kappa shape index (κ2) is 4.50. The Kier molecular flexibility index (Phi) is 3.06. The van der Waals surface area contributed by atoms with Crippen LogP contribution in [0.2, 0.25) is 0 Å². The molecule has 2 unspecified atom stereocenters. The zero-order chi connectivity index (χ0) is 13.6. The molecular formula is C16H23NO2. The average Bonchev–Trinajstić information content (AvgIpc) is 2.89. The minimum Gasteiger partial charge on any atom is -0.497 e. The fourth-order valence-electron chi connectivity index (χ4n) is 3.73. The van der Waals surface area contributed by atoms with Gasteiger partial charge in [0.2, 0.25) is 0 Å². The van der Waals surface area contributed by atoms with E-state index in [1.165, 1.54) is 18.4 Å². The van der Waals surface area contributed by atoms with E-state index in [4.69, 9.17) is 4.74 Å². The molecule has 1 aliphatic carbocycles. The zero-order valence-electron chi connectivity index (χ0n) is 12.0. The highest BCUT2D eigenvalue weighted by Gasteiger charge is 2.43. The number of benzene rings is 1. The maximum atomic E-state index is 10.7. The van der Waals surface area contributed by atoms with Gasteiger partial charge in [-0.3, -0.25) is 4.90 Å². The molecule has 3 heteroatoms. The summed E-state index contributed by atoms with van der Waals surface area (Å²) < 4.78 is 5.26. The van der Waals surface area contributed by atoms with Gasteiger partial charge in [0, 0.05) is 11.6 Å². The van der Waals surface area contributed by atoms with Crippen molar-refractivity contribution in [3.8, 4) is 5.75 Å². The summed E-state index contributed by atoms with van der Waals surface area (Å²) >= 11 is 0. The molecule has 1 fully saturated rings. The second-order valence-corrected chi connectivity index (χ2v) is 6.39. The zero-order valence-corrected chi connectivity index (χ0v) is 12.0. The van der Waals surface area contributed by atoms with E-state index in [1.807, 2.05) is 12.1 Å². The number of methoxy groups -OCH3 is 1. The van der Waals surface area contributed by atoms with Crippen molar-refractivity contribution < 1.29 is 9.84 Å². The van der Waals surface area contributed by atoms with Gasteiger partial charge in [-0.15, -0.1) is 0 Å². The van der Waals surface area contributed by atoms with Crippen molar-refractivity contribution in [2.75, 3.05) is 13.7 Å². The Morgan fingerprint density at radius 2 is 2.16 bits per heavy atom. The van der Waals surface area contributed by atoms with E-state index in [9.17, 15) is 5.11 Å². The molecule has 1 saturated heterocycles. The van der Waals surface area contributed by atoms with Gasteiger partial charge in [-0.25, -0.2) is 0 Å². The van der Waals surface area contributed by atoms with Crippen LogP contribution in [0.5, 0.6) is 5.75 Å². The molecule has 0 saturated carbocycles. The Morgan fingerprint density at radius 1 is 1.37 bits per heavy atom. The quantitative estimate of drug-likeness (QED) is 0.888. The van der Waals surface area contributed by atoms with E-state index >= 15 is 0 Å². The van der Waals surface area contributed by atoms with Crippen molar-refractivity contribution in [3.63, 3.8) is 0 Å². The van der Waals surface area contributed by atoms with Crippen LogP contribution in [-0.2, 0) is 6.42 Å². The standard InChI is InChI=1S/C16H23NO2/c1-16(2)7-4-8-17(16)14-9-11-5-6-12(19-3)10-13(11)15(14)18/h5-6,10,14-15,18H,4,7-9H2,1-3H3.